The van der Waals surface area contributed by atoms with E-state index in [1.54, 1.807) is 22.6 Å². The van der Waals surface area contributed by atoms with E-state index in [2.05, 4.69) is 0 Å². The van der Waals surface area contributed by atoms with Crippen LogP contribution in [0.3, 0.4) is 0 Å². The van der Waals surface area contributed by atoms with Gasteiger partial charge in [0.25, 0.3) is 0 Å². The Morgan fingerprint density at radius 1 is 1.00 bits per heavy atom. The minimum absolute atomic E-state index is 0.0415. The van der Waals surface area contributed by atoms with E-state index in [0.29, 0.717) is 25.7 Å². The Morgan fingerprint density at radius 2 is 1.50 bits per heavy atom. The maximum absolute atomic E-state index is 13.4. The summed E-state index contributed by atoms with van der Waals surface area (Å²) in [4.78, 5) is 37.4. The zero-order valence-electron chi connectivity index (χ0n) is 15.6. The normalized spacial score (nSPS) is 11.4. The van der Waals surface area contributed by atoms with Gasteiger partial charge in [-0.2, -0.15) is 13.2 Å². The molecule has 0 saturated heterocycles. The largest absolute Gasteiger partial charge is 0.465 e. The number of esters is 2. The van der Waals surface area contributed by atoms with Gasteiger partial charge in [-0.3, -0.25) is 14.4 Å². The lowest BCUT2D eigenvalue weighted by molar-refractivity contribution is -0.159. The Labute approximate surface area is 175 Å². The summed E-state index contributed by atoms with van der Waals surface area (Å²) in [5, 5.41) is 0. The number of carbonyl (C=O) groups excluding carboxylic acids is 3. The first-order chi connectivity index (χ1) is 13.1. The number of ketones is 1. The predicted octanol–water partition coefficient (Wildman–Crippen LogP) is 4.80. The van der Waals surface area contributed by atoms with E-state index < -0.39 is 40.9 Å². The van der Waals surface area contributed by atoms with E-state index in [1.807, 2.05) is 13.8 Å². The first-order valence-electron chi connectivity index (χ1n) is 8.87. The Hall–Kier alpha value is -1.65. The third-order valence-corrected chi connectivity index (χ3v) is 4.44. The molecule has 0 unspecified atom stereocenters. The van der Waals surface area contributed by atoms with E-state index in [1.165, 1.54) is 6.07 Å². The zero-order valence-corrected chi connectivity index (χ0v) is 17.8. The van der Waals surface area contributed by atoms with Crippen LogP contribution < -0.4 is 0 Å². The van der Waals surface area contributed by atoms with Gasteiger partial charge < -0.3 is 9.47 Å². The summed E-state index contributed by atoms with van der Waals surface area (Å²) in [5.41, 5.74) is -1.98. The van der Waals surface area contributed by atoms with E-state index in [0.717, 1.165) is 12.1 Å². The van der Waals surface area contributed by atoms with Crippen LogP contribution in [-0.2, 0) is 25.2 Å². The van der Waals surface area contributed by atoms with Crippen LogP contribution in [0.2, 0.25) is 0 Å². The van der Waals surface area contributed by atoms with E-state index in [-0.39, 0.29) is 16.8 Å². The van der Waals surface area contributed by atoms with Gasteiger partial charge in [-0.05, 0) is 53.6 Å². The zero-order chi connectivity index (χ0) is 21.3. The molecule has 1 aromatic carbocycles. The van der Waals surface area contributed by atoms with Crippen molar-refractivity contribution < 1.29 is 37.0 Å². The highest BCUT2D eigenvalue weighted by Gasteiger charge is 2.42. The molecule has 0 amide bonds. The molecule has 0 fully saturated rings. The molecule has 0 aliphatic heterocycles. The van der Waals surface area contributed by atoms with Gasteiger partial charge in [0, 0.05) is 9.13 Å². The number of rotatable bonds is 10. The van der Waals surface area contributed by atoms with Crippen LogP contribution in [0.25, 0.3) is 0 Å². The Balaban J connectivity index is 3.24. The Kier molecular flexibility index (Phi) is 9.91. The lowest BCUT2D eigenvalue weighted by Crippen LogP contribution is -2.36. The van der Waals surface area contributed by atoms with Gasteiger partial charge in [0.15, 0.2) is 5.78 Å². The molecule has 0 radical (unpaired) electrons. The summed E-state index contributed by atoms with van der Waals surface area (Å²) in [7, 11) is 0. The molecule has 0 heterocycles. The standard InChI is InChI=1S/C19H22F3IO5/c1-3-5-9-27-17(25)15(18(26)28-10-6-4-2)16(24)13-8-7-12(23)11-14(13)19(20,21)22/h7-8,11,15H,3-6,9-10H2,1-2H3. The lowest BCUT2D eigenvalue weighted by atomic mass is 9.93. The Bertz CT molecular complexity index is 681. The number of carbonyl (C=O) groups is 3. The molecule has 1 aromatic rings. The van der Waals surface area contributed by atoms with Crippen LogP contribution in [0.5, 0.6) is 0 Å². The lowest BCUT2D eigenvalue weighted by Gasteiger charge is -2.17. The molecule has 9 heteroatoms. The number of Topliss-reactive ketones (excluding diaryl/α,β-unsaturated/α-hetero) is 1. The van der Waals surface area contributed by atoms with E-state index in [9.17, 15) is 27.6 Å². The van der Waals surface area contributed by atoms with Crippen LogP contribution in [0, 0.1) is 9.49 Å². The molecule has 0 spiro atoms. The molecule has 0 N–H and O–H groups in total. The summed E-state index contributed by atoms with van der Waals surface area (Å²) in [6, 6.07) is 3.04. The predicted molar refractivity (Wildman–Crippen MR) is 104 cm³/mol. The molecule has 0 aliphatic rings. The highest BCUT2D eigenvalue weighted by molar-refractivity contribution is 14.1. The number of alkyl halides is 3. The van der Waals surface area contributed by atoms with Crippen LogP contribution >= 0.6 is 22.6 Å². The maximum Gasteiger partial charge on any atom is 0.417 e. The molecule has 156 valence electrons. The second kappa shape index (κ2) is 11.4. The van der Waals surface area contributed by atoms with Crippen molar-refractivity contribution in [1.29, 1.82) is 0 Å². The molecule has 28 heavy (non-hydrogen) atoms. The van der Waals surface area contributed by atoms with Crippen molar-refractivity contribution in [2.24, 2.45) is 5.92 Å². The maximum atomic E-state index is 13.4. The quantitative estimate of drug-likeness (QED) is 0.148. The SMILES string of the molecule is CCCCOC(=O)C(C(=O)OCCCC)C(=O)c1ccc(I)cc1C(F)(F)F. The highest BCUT2D eigenvalue weighted by Crippen LogP contribution is 2.34. The second-order valence-corrected chi connectivity index (χ2v) is 7.27. The van der Waals surface area contributed by atoms with Gasteiger partial charge in [0.2, 0.25) is 5.92 Å². The van der Waals surface area contributed by atoms with Gasteiger partial charge in [-0.1, -0.05) is 26.7 Å². The van der Waals surface area contributed by atoms with Gasteiger partial charge >= 0.3 is 18.1 Å². The smallest absolute Gasteiger partial charge is 0.417 e. The van der Waals surface area contributed by atoms with Gasteiger partial charge in [-0.15, -0.1) is 0 Å². The molecular formula is C19H22F3IO5. The number of hydrogen-bond acceptors (Lipinski definition) is 5. The van der Waals surface area contributed by atoms with Crippen molar-refractivity contribution >= 4 is 40.3 Å². The van der Waals surface area contributed by atoms with Crippen molar-refractivity contribution in [2.45, 2.75) is 45.7 Å². The molecule has 1 rings (SSSR count). The summed E-state index contributed by atoms with van der Waals surface area (Å²) >= 11 is 1.68. The van der Waals surface area contributed by atoms with Crippen molar-refractivity contribution in [3.05, 3.63) is 32.9 Å². The van der Waals surface area contributed by atoms with Crippen LogP contribution in [0.4, 0.5) is 13.2 Å². The van der Waals surface area contributed by atoms with Crippen molar-refractivity contribution in [2.75, 3.05) is 13.2 Å². The topological polar surface area (TPSA) is 69.7 Å². The fraction of sp³-hybridized carbons (Fsp3) is 0.526. The van der Waals surface area contributed by atoms with E-state index in [4.69, 9.17) is 9.47 Å². The minimum atomic E-state index is -4.82. The summed E-state index contributed by atoms with van der Waals surface area (Å²) in [6.45, 7) is 3.60. The van der Waals surface area contributed by atoms with Crippen LogP contribution in [0.1, 0.15) is 55.5 Å². The number of benzene rings is 1. The average molecular weight is 514 g/mol. The van der Waals surface area contributed by atoms with Crippen molar-refractivity contribution in [1.82, 2.24) is 0 Å². The van der Waals surface area contributed by atoms with E-state index >= 15 is 0 Å². The summed E-state index contributed by atoms with van der Waals surface area (Å²) in [6.07, 6.45) is -2.44. The summed E-state index contributed by atoms with van der Waals surface area (Å²) in [5.74, 6) is -5.78. The number of halogens is 4. The number of ether oxygens (including phenoxy) is 2. The van der Waals surface area contributed by atoms with Gasteiger partial charge in [-0.25, -0.2) is 0 Å². The minimum Gasteiger partial charge on any atom is -0.465 e. The molecule has 5 nitrogen and oxygen atoms in total. The monoisotopic (exact) mass is 514 g/mol. The Morgan fingerprint density at radius 3 is 1.93 bits per heavy atom. The molecule has 0 saturated carbocycles. The number of hydrogen-bond donors (Lipinski definition) is 0. The fourth-order valence-corrected chi connectivity index (χ4v) is 2.72. The van der Waals surface area contributed by atoms with Gasteiger partial charge in [0.1, 0.15) is 0 Å². The van der Waals surface area contributed by atoms with Gasteiger partial charge in [0.05, 0.1) is 18.8 Å². The molecular weight excluding hydrogens is 492 g/mol. The number of unbranched alkanes of at least 4 members (excludes halogenated alkanes) is 2. The summed E-state index contributed by atoms with van der Waals surface area (Å²) < 4.78 is 50.2. The molecule has 0 atom stereocenters. The third-order valence-electron chi connectivity index (χ3n) is 3.77. The van der Waals surface area contributed by atoms with Crippen molar-refractivity contribution in [3.63, 3.8) is 0 Å². The van der Waals surface area contributed by atoms with Crippen molar-refractivity contribution in [3.8, 4) is 0 Å². The van der Waals surface area contributed by atoms with Crippen LogP contribution in [-0.4, -0.2) is 30.9 Å². The highest BCUT2D eigenvalue weighted by atomic mass is 127. The fourth-order valence-electron chi connectivity index (χ4n) is 2.23. The second-order valence-electron chi connectivity index (χ2n) is 6.03. The average Bonchev–Trinajstić information content (AvgIpc) is 2.61. The molecule has 0 aliphatic carbocycles. The van der Waals surface area contributed by atoms with Crippen LogP contribution in [0.15, 0.2) is 18.2 Å². The molecule has 0 aromatic heterocycles. The molecule has 0 bridgehead atoms. The third kappa shape index (κ3) is 7.06. The first kappa shape index (κ1) is 24.4. The first-order valence-corrected chi connectivity index (χ1v) is 9.95.